The molecule has 0 amide bonds. The van der Waals surface area contributed by atoms with Crippen LogP contribution in [0.25, 0.3) is 0 Å². The molecule has 0 spiro atoms. The molecule has 0 saturated heterocycles. The van der Waals surface area contributed by atoms with Crippen molar-refractivity contribution in [2.24, 2.45) is 0 Å². The lowest BCUT2D eigenvalue weighted by Crippen LogP contribution is -2.13. The molecular weight excluding hydrogens is 254 g/mol. The highest BCUT2D eigenvalue weighted by molar-refractivity contribution is 5.87. The number of carbonyl (C=O) groups excluding carboxylic acids is 1. The molecule has 1 aromatic heterocycles. The van der Waals surface area contributed by atoms with E-state index in [1.165, 1.54) is 29.2 Å². The number of ether oxygens (including phenoxy) is 1. The fraction of sp³-hybridized carbons (Fsp3) is 0.231. The number of benzene rings is 1. The molecule has 0 bridgehead atoms. The van der Waals surface area contributed by atoms with Crippen molar-refractivity contribution in [3.8, 4) is 0 Å². The van der Waals surface area contributed by atoms with Gasteiger partial charge in [-0.15, -0.1) is 0 Å². The normalized spacial score (nSPS) is 10.5. The molecular formula is C13H12F2N2O2. The summed E-state index contributed by atoms with van der Waals surface area (Å²) in [5.41, 5.74) is 0.342. The van der Waals surface area contributed by atoms with E-state index in [1.807, 2.05) is 0 Å². The van der Waals surface area contributed by atoms with Crippen LogP contribution >= 0.6 is 0 Å². The van der Waals surface area contributed by atoms with Crippen LogP contribution in [0.4, 0.5) is 8.78 Å². The summed E-state index contributed by atoms with van der Waals surface area (Å²) in [4.78, 5) is 15.4. The van der Waals surface area contributed by atoms with Crippen molar-refractivity contribution in [1.29, 1.82) is 0 Å². The monoisotopic (exact) mass is 266 g/mol. The molecule has 0 saturated carbocycles. The van der Waals surface area contributed by atoms with E-state index in [0.29, 0.717) is 0 Å². The number of rotatable bonds is 4. The summed E-state index contributed by atoms with van der Waals surface area (Å²) in [6.07, 6.45) is 2.70. The van der Waals surface area contributed by atoms with Crippen molar-refractivity contribution < 1.29 is 18.3 Å². The van der Waals surface area contributed by atoms with Crippen LogP contribution in [-0.2, 0) is 11.3 Å². The van der Waals surface area contributed by atoms with Crippen molar-refractivity contribution in [2.75, 3.05) is 6.61 Å². The second-order valence-corrected chi connectivity index (χ2v) is 3.84. The van der Waals surface area contributed by atoms with Gasteiger partial charge in [0.1, 0.15) is 5.69 Å². The van der Waals surface area contributed by atoms with E-state index >= 15 is 0 Å². The van der Waals surface area contributed by atoms with E-state index in [4.69, 9.17) is 4.74 Å². The maximum atomic E-state index is 13.5. The molecule has 0 aliphatic rings. The van der Waals surface area contributed by atoms with Gasteiger partial charge in [0.05, 0.1) is 25.7 Å². The summed E-state index contributed by atoms with van der Waals surface area (Å²) < 4.78 is 32.9. The first-order valence-corrected chi connectivity index (χ1v) is 5.73. The van der Waals surface area contributed by atoms with Gasteiger partial charge in [-0.2, -0.15) is 0 Å². The predicted molar refractivity (Wildman–Crippen MR) is 63.6 cm³/mol. The van der Waals surface area contributed by atoms with Gasteiger partial charge in [-0.1, -0.05) is 12.1 Å². The average molecular weight is 266 g/mol. The molecule has 0 aliphatic carbocycles. The average Bonchev–Trinajstić information content (AvgIpc) is 2.83. The zero-order chi connectivity index (χ0) is 13.8. The van der Waals surface area contributed by atoms with Crippen LogP contribution in [0, 0.1) is 11.6 Å². The fourth-order valence-electron chi connectivity index (χ4n) is 1.68. The summed E-state index contributed by atoms with van der Waals surface area (Å²) in [6.45, 7) is 1.93. The molecule has 100 valence electrons. The summed E-state index contributed by atoms with van der Waals surface area (Å²) in [6, 6.07) is 3.90. The SMILES string of the molecule is CCOC(=O)c1cncn1Cc1cccc(F)c1F. The molecule has 1 aromatic carbocycles. The van der Waals surface area contributed by atoms with Crippen LogP contribution in [0.15, 0.2) is 30.7 Å². The third-order valence-corrected chi connectivity index (χ3v) is 2.57. The minimum Gasteiger partial charge on any atom is -0.461 e. The van der Waals surface area contributed by atoms with Crippen molar-refractivity contribution >= 4 is 5.97 Å². The summed E-state index contributed by atoms with van der Waals surface area (Å²) in [5.74, 6) is -2.39. The van der Waals surface area contributed by atoms with Crippen LogP contribution in [0.3, 0.4) is 0 Å². The maximum Gasteiger partial charge on any atom is 0.356 e. The molecule has 0 unspecified atom stereocenters. The summed E-state index contributed by atoms with van der Waals surface area (Å²) in [5, 5.41) is 0. The first-order chi connectivity index (χ1) is 9.13. The van der Waals surface area contributed by atoms with Crippen LogP contribution in [0.5, 0.6) is 0 Å². The molecule has 1 heterocycles. The summed E-state index contributed by atoms with van der Waals surface area (Å²) in [7, 11) is 0. The topological polar surface area (TPSA) is 44.1 Å². The van der Waals surface area contributed by atoms with E-state index in [1.54, 1.807) is 6.92 Å². The largest absolute Gasteiger partial charge is 0.461 e. The number of halogens is 2. The van der Waals surface area contributed by atoms with Gasteiger partial charge in [0, 0.05) is 5.56 Å². The van der Waals surface area contributed by atoms with Gasteiger partial charge >= 0.3 is 5.97 Å². The Balaban J connectivity index is 2.27. The number of hydrogen-bond acceptors (Lipinski definition) is 3. The minimum absolute atomic E-state index is 0.0116. The third kappa shape index (κ3) is 2.78. The van der Waals surface area contributed by atoms with Crippen molar-refractivity contribution in [2.45, 2.75) is 13.5 Å². The van der Waals surface area contributed by atoms with E-state index in [2.05, 4.69) is 4.98 Å². The van der Waals surface area contributed by atoms with Crippen molar-refractivity contribution in [3.05, 3.63) is 53.6 Å². The van der Waals surface area contributed by atoms with Gasteiger partial charge < -0.3 is 9.30 Å². The van der Waals surface area contributed by atoms with Crippen LogP contribution < -0.4 is 0 Å². The Bertz CT molecular complexity index is 596. The number of esters is 1. The lowest BCUT2D eigenvalue weighted by atomic mass is 10.2. The predicted octanol–water partition coefficient (Wildman–Crippen LogP) is 2.39. The Morgan fingerprint density at radius 1 is 1.42 bits per heavy atom. The lowest BCUT2D eigenvalue weighted by molar-refractivity contribution is 0.0514. The molecule has 0 fully saturated rings. The lowest BCUT2D eigenvalue weighted by Gasteiger charge is -2.08. The zero-order valence-corrected chi connectivity index (χ0v) is 10.3. The van der Waals surface area contributed by atoms with Gasteiger partial charge in [-0.05, 0) is 13.0 Å². The fourth-order valence-corrected chi connectivity index (χ4v) is 1.68. The van der Waals surface area contributed by atoms with Gasteiger partial charge in [-0.3, -0.25) is 0 Å². The Hall–Kier alpha value is -2.24. The first kappa shape index (κ1) is 13.2. The molecule has 2 aromatic rings. The molecule has 0 N–H and O–H groups in total. The van der Waals surface area contributed by atoms with Crippen molar-refractivity contribution in [1.82, 2.24) is 9.55 Å². The van der Waals surface area contributed by atoms with Crippen molar-refractivity contribution in [3.63, 3.8) is 0 Å². The molecule has 19 heavy (non-hydrogen) atoms. The third-order valence-electron chi connectivity index (χ3n) is 2.57. The first-order valence-electron chi connectivity index (χ1n) is 5.73. The quantitative estimate of drug-likeness (QED) is 0.798. The highest BCUT2D eigenvalue weighted by atomic mass is 19.2. The number of hydrogen-bond donors (Lipinski definition) is 0. The van der Waals surface area contributed by atoms with E-state index in [9.17, 15) is 13.6 Å². The van der Waals surface area contributed by atoms with E-state index in [-0.39, 0.29) is 24.4 Å². The summed E-state index contributed by atoms with van der Waals surface area (Å²) >= 11 is 0. The number of aromatic nitrogens is 2. The molecule has 2 rings (SSSR count). The molecule has 4 nitrogen and oxygen atoms in total. The standard InChI is InChI=1S/C13H12F2N2O2/c1-2-19-13(18)11-6-16-8-17(11)7-9-4-3-5-10(14)12(9)15/h3-6,8H,2,7H2,1H3. The Labute approximate surface area is 108 Å². The van der Waals surface area contributed by atoms with E-state index in [0.717, 1.165) is 6.07 Å². The van der Waals surface area contributed by atoms with Crippen LogP contribution in [-0.4, -0.2) is 22.1 Å². The molecule has 0 atom stereocenters. The molecule has 0 radical (unpaired) electrons. The Kier molecular flexibility index (Phi) is 3.89. The number of nitrogens with zero attached hydrogens (tertiary/aromatic N) is 2. The van der Waals surface area contributed by atoms with E-state index < -0.39 is 17.6 Å². The highest BCUT2D eigenvalue weighted by Crippen LogP contribution is 2.14. The van der Waals surface area contributed by atoms with Gasteiger partial charge in [0.15, 0.2) is 11.6 Å². The zero-order valence-electron chi connectivity index (χ0n) is 10.3. The maximum absolute atomic E-state index is 13.5. The Morgan fingerprint density at radius 3 is 2.95 bits per heavy atom. The van der Waals surface area contributed by atoms with Crippen LogP contribution in [0.2, 0.25) is 0 Å². The number of carbonyl (C=O) groups is 1. The second kappa shape index (κ2) is 5.60. The van der Waals surface area contributed by atoms with Crippen LogP contribution in [0.1, 0.15) is 23.0 Å². The molecule has 6 heteroatoms. The van der Waals surface area contributed by atoms with Gasteiger partial charge in [0.2, 0.25) is 0 Å². The van der Waals surface area contributed by atoms with Gasteiger partial charge in [-0.25, -0.2) is 18.6 Å². The van der Waals surface area contributed by atoms with Gasteiger partial charge in [0.25, 0.3) is 0 Å². The second-order valence-electron chi connectivity index (χ2n) is 3.84. The minimum atomic E-state index is -0.925. The Morgan fingerprint density at radius 2 is 2.21 bits per heavy atom. The number of imidazole rings is 1. The smallest absolute Gasteiger partial charge is 0.356 e. The highest BCUT2D eigenvalue weighted by Gasteiger charge is 2.15. The molecule has 0 aliphatic heterocycles.